The first-order valence-corrected chi connectivity index (χ1v) is 5.99. The lowest BCUT2D eigenvalue weighted by Crippen LogP contribution is -2.16. The molecule has 0 saturated carbocycles. The molecule has 7 nitrogen and oxygen atoms in total. The molecule has 0 aromatic carbocycles. The second kappa shape index (κ2) is 4.96. The van der Waals surface area contributed by atoms with Crippen molar-refractivity contribution in [3.63, 3.8) is 0 Å². The first kappa shape index (κ1) is 12.1. The van der Waals surface area contributed by atoms with Gasteiger partial charge in [-0.15, -0.1) is 0 Å². The molecular formula is C13H12N6O. The molecule has 0 saturated heterocycles. The number of aromatic nitrogens is 5. The molecule has 0 atom stereocenters. The highest BCUT2D eigenvalue weighted by molar-refractivity contribution is 6.02. The Morgan fingerprint density at radius 1 is 1.25 bits per heavy atom. The number of hydrogen-bond donors (Lipinski definition) is 2. The molecule has 20 heavy (non-hydrogen) atoms. The molecule has 0 fully saturated rings. The van der Waals surface area contributed by atoms with E-state index in [4.69, 9.17) is 0 Å². The van der Waals surface area contributed by atoms with Crippen molar-refractivity contribution in [1.29, 1.82) is 0 Å². The Morgan fingerprint density at radius 2 is 2.05 bits per heavy atom. The Labute approximate surface area is 114 Å². The lowest BCUT2D eigenvalue weighted by Gasteiger charge is -2.01. The van der Waals surface area contributed by atoms with Crippen molar-refractivity contribution in [2.24, 2.45) is 7.05 Å². The molecule has 0 aliphatic carbocycles. The van der Waals surface area contributed by atoms with Crippen molar-refractivity contribution in [1.82, 2.24) is 25.0 Å². The number of anilines is 1. The SMILES string of the molecule is Cn1nccc1C(=O)Nc1cc(-c2ccncc2)[nH]n1. The summed E-state index contributed by atoms with van der Waals surface area (Å²) in [4.78, 5) is 16.0. The minimum absolute atomic E-state index is 0.252. The van der Waals surface area contributed by atoms with Crippen LogP contribution >= 0.6 is 0 Å². The number of nitrogens with one attached hydrogen (secondary N) is 2. The van der Waals surface area contributed by atoms with Crippen LogP contribution in [0, 0.1) is 0 Å². The van der Waals surface area contributed by atoms with Crippen LogP contribution in [0.5, 0.6) is 0 Å². The summed E-state index contributed by atoms with van der Waals surface area (Å²) in [7, 11) is 1.71. The topological polar surface area (TPSA) is 88.5 Å². The number of rotatable bonds is 3. The monoisotopic (exact) mass is 268 g/mol. The summed E-state index contributed by atoms with van der Waals surface area (Å²) in [5.41, 5.74) is 2.24. The van der Waals surface area contributed by atoms with Crippen LogP contribution in [0.25, 0.3) is 11.3 Å². The highest BCUT2D eigenvalue weighted by atomic mass is 16.2. The second-order valence-corrected chi connectivity index (χ2v) is 4.20. The van der Waals surface area contributed by atoms with Crippen molar-refractivity contribution in [3.05, 3.63) is 48.5 Å². The maximum Gasteiger partial charge on any atom is 0.275 e. The Kier molecular flexibility index (Phi) is 3.00. The number of H-pyrrole nitrogens is 1. The van der Waals surface area contributed by atoms with Gasteiger partial charge in [0.15, 0.2) is 5.82 Å². The van der Waals surface area contributed by atoms with Gasteiger partial charge < -0.3 is 5.32 Å². The van der Waals surface area contributed by atoms with Crippen molar-refractivity contribution in [3.8, 4) is 11.3 Å². The summed E-state index contributed by atoms with van der Waals surface area (Å²) in [6.45, 7) is 0. The minimum Gasteiger partial charge on any atom is -0.304 e. The third-order valence-corrected chi connectivity index (χ3v) is 2.86. The summed E-state index contributed by atoms with van der Waals surface area (Å²) >= 11 is 0. The smallest absolute Gasteiger partial charge is 0.275 e. The van der Waals surface area contributed by atoms with Gasteiger partial charge >= 0.3 is 0 Å². The van der Waals surface area contributed by atoms with Gasteiger partial charge in [-0.05, 0) is 18.2 Å². The van der Waals surface area contributed by atoms with E-state index in [-0.39, 0.29) is 5.91 Å². The molecule has 3 aromatic rings. The molecule has 0 bridgehead atoms. The summed E-state index contributed by atoms with van der Waals surface area (Å²) in [6, 6.07) is 7.13. The van der Waals surface area contributed by atoms with Crippen LogP contribution in [0.3, 0.4) is 0 Å². The fourth-order valence-electron chi connectivity index (χ4n) is 1.84. The van der Waals surface area contributed by atoms with Gasteiger partial charge in [-0.1, -0.05) is 0 Å². The van der Waals surface area contributed by atoms with Crippen molar-refractivity contribution < 1.29 is 4.79 Å². The van der Waals surface area contributed by atoms with Crippen molar-refractivity contribution in [2.75, 3.05) is 5.32 Å². The number of amides is 1. The first-order valence-electron chi connectivity index (χ1n) is 5.99. The number of hydrogen-bond acceptors (Lipinski definition) is 4. The molecule has 2 N–H and O–H groups in total. The van der Waals surface area contributed by atoms with Gasteiger partial charge in [0.05, 0.1) is 5.69 Å². The highest BCUT2D eigenvalue weighted by Crippen LogP contribution is 2.18. The summed E-state index contributed by atoms with van der Waals surface area (Å²) in [5.74, 6) is 0.209. The molecule has 0 radical (unpaired) electrons. The third-order valence-electron chi connectivity index (χ3n) is 2.86. The van der Waals surface area contributed by atoms with Gasteiger partial charge in [0.25, 0.3) is 5.91 Å². The van der Waals surface area contributed by atoms with E-state index < -0.39 is 0 Å². The fraction of sp³-hybridized carbons (Fsp3) is 0.0769. The van der Waals surface area contributed by atoms with Crippen LogP contribution in [0.1, 0.15) is 10.5 Å². The fourth-order valence-corrected chi connectivity index (χ4v) is 1.84. The summed E-state index contributed by atoms with van der Waals surface area (Å²) < 4.78 is 1.51. The molecule has 3 aromatic heterocycles. The normalized spacial score (nSPS) is 10.4. The molecular weight excluding hydrogens is 256 g/mol. The maximum absolute atomic E-state index is 12.0. The lowest BCUT2D eigenvalue weighted by molar-refractivity contribution is 0.101. The third kappa shape index (κ3) is 2.28. The van der Waals surface area contributed by atoms with E-state index in [1.807, 2.05) is 12.1 Å². The van der Waals surface area contributed by atoms with E-state index in [2.05, 4.69) is 25.6 Å². The van der Waals surface area contributed by atoms with Gasteiger partial charge in [-0.2, -0.15) is 10.2 Å². The van der Waals surface area contributed by atoms with Crippen LogP contribution in [-0.4, -0.2) is 30.9 Å². The molecule has 100 valence electrons. The first-order chi connectivity index (χ1) is 9.74. The van der Waals surface area contributed by atoms with Gasteiger partial charge in [-0.25, -0.2) is 0 Å². The molecule has 1 amide bonds. The molecule has 3 rings (SSSR count). The molecule has 0 unspecified atom stereocenters. The zero-order valence-electron chi connectivity index (χ0n) is 10.7. The number of nitrogens with zero attached hydrogens (tertiary/aromatic N) is 4. The summed E-state index contributed by atoms with van der Waals surface area (Å²) in [5, 5.41) is 13.6. The van der Waals surface area contributed by atoms with Crippen LogP contribution in [0.4, 0.5) is 5.82 Å². The van der Waals surface area contributed by atoms with Gasteiger partial charge in [-0.3, -0.25) is 19.6 Å². The predicted molar refractivity (Wildman–Crippen MR) is 73.0 cm³/mol. The Hall–Kier alpha value is -2.96. The summed E-state index contributed by atoms with van der Waals surface area (Å²) in [6.07, 6.45) is 4.97. The number of pyridine rings is 1. The maximum atomic E-state index is 12.0. The lowest BCUT2D eigenvalue weighted by atomic mass is 10.2. The van der Waals surface area contributed by atoms with Crippen LogP contribution in [0.15, 0.2) is 42.9 Å². The molecule has 0 spiro atoms. The van der Waals surface area contributed by atoms with E-state index in [0.717, 1.165) is 11.3 Å². The van der Waals surface area contributed by atoms with Crippen molar-refractivity contribution >= 4 is 11.7 Å². The van der Waals surface area contributed by atoms with Gasteiger partial charge in [0, 0.05) is 37.3 Å². The molecule has 0 aliphatic heterocycles. The predicted octanol–water partition coefficient (Wildman–Crippen LogP) is 1.46. The van der Waals surface area contributed by atoms with E-state index in [1.165, 1.54) is 4.68 Å². The number of carbonyl (C=O) groups excluding carboxylic acids is 1. The standard InChI is InChI=1S/C13H12N6O/c1-19-11(4-7-15-19)13(20)16-12-8-10(17-18-12)9-2-5-14-6-3-9/h2-8H,1H3,(H2,16,17,18,20). The van der Waals surface area contributed by atoms with Crippen LogP contribution in [-0.2, 0) is 7.05 Å². The molecule has 7 heteroatoms. The number of aryl methyl sites for hydroxylation is 1. The van der Waals surface area contributed by atoms with Gasteiger partial charge in [0.1, 0.15) is 5.69 Å². The Morgan fingerprint density at radius 3 is 2.75 bits per heavy atom. The molecule has 3 heterocycles. The second-order valence-electron chi connectivity index (χ2n) is 4.20. The minimum atomic E-state index is -0.252. The number of carbonyl (C=O) groups is 1. The van der Waals surface area contributed by atoms with Crippen molar-refractivity contribution in [2.45, 2.75) is 0 Å². The van der Waals surface area contributed by atoms with E-state index in [9.17, 15) is 4.79 Å². The van der Waals surface area contributed by atoms with Crippen LogP contribution < -0.4 is 5.32 Å². The Balaban J connectivity index is 1.78. The highest BCUT2D eigenvalue weighted by Gasteiger charge is 2.12. The Bertz CT molecular complexity index is 730. The molecule has 0 aliphatic rings. The average Bonchev–Trinajstić information content (AvgIpc) is 3.09. The zero-order valence-corrected chi connectivity index (χ0v) is 10.7. The van der Waals surface area contributed by atoms with E-state index in [0.29, 0.717) is 11.5 Å². The van der Waals surface area contributed by atoms with Crippen LogP contribution in [0.2, 0.25) is 0 Å². The quantitative estimate of drug-likeness (QED) is 0.752. The average molecular weight is 268 g/mol. The van der Waals surface area contributed by atoms with E-state index in [1.54, 1.807) is 37.8 Å². The van der Waals surface area contributed by atoms with E-state index >= 15 is 0 Å². The van der Waals surface area contributed by atoms with Gasteiger partial charge in [0.2, 0.25) is 0 Å². The number of aromatic amines is 1. The zero-order chi connectivity index (χ0) is 13.9. The largest absolute Gasteiger partial charge is 0.304 e.